The number of hydrogen-bond donors (Lipinski definition) is 1. The number of nitrogens with one attached hydrogen (secondary N) is 1. The molecule has 0 bridgehead atoms. The fourth-order valence-electron chi connectivity index (χ4n) is 1.06. The number of rotatable bonds is 3. The predicted molar refractivity (Wildman–Crippen MR) is 56.1 cm³/mol. The first-order chi connectivity index (χ1) is 7.63. The van der Waals surface area contributed by atoms with Crippen molar-refractivity contribution >= 4 is 11.8 Å². The zero-order chi connectivity index (χ0) is 12.0. The molecule has 82 valence electrons. The summed E-state index contributed by atoms with van der Waals surface area (Å²) in [5.74, 6) is -1.42. The van der Waals surface area contributed by atoms with E-state index in [2.05, 4.69) is 10.3 Å². The SMILES string of the molecule is CC(C#N)CC(=O)NC(=O)c1ccccn1. The zero-order valence-electron chi connectivity index (χ0n) is 8.80. The molecule has 0 aromatic carbocycles. The van der Waals surface area contributed by atoms with Crippen LogP contribution >= 0.6 is 0 Å². The molecule has 0 fully saturated rings. The summed E-state index contributed by atoms with van der Waals surface area (Å²) < 4.78 is 0. The van der Waals surface area contributed by atoms with Crippen molar-refractivity contribution in [2.45, 2.75) is 13.3 Å². The summed E-state index contributed by atoms with van der Waals surface area (Å²) in [5, 5.41) is 10.7. The van der Waals surface area contributed by atoms with E-state index in [0.29, 0.717) is 0 Å². The third kappa shape index (κ3) is 3.50. The summed E-state index contributed by atoms with van der Waals surface area (Å²) >= 11 is 0. The summed E-state index contributed by atoms with van der Waals surface area (Å²) in [4.78, 5) is 26.5. The molecule has 0 spiro atoms. The van der Waals surface area contributed by atoms with Crippen LogP contribution in [0.15, 0.2) is 24.4 Å². The lowest BCUT2D eigenvalue weighted by atomic mass is 10.1. The van der Waals surface area contributed by atoms with Crippen LogP contribution in [0.25, 0.3) is 0 Å². The van der Waals surface area contributed by atoms with Crippen molar-refractivity contribution in [2.24, 2.45) is 5.92 Å². The summed E-state index contributed by atoms with van der Waals surface area (Å²) in [6.07, 6.45) is 1.48. The second kappa shape index (κ2) is 5.61. The van der Waals surface area contributed by atoms with Gasteiger partial charge in [-0.25, -0.2) is 0 Å². The second-order valence-corrected chi connectivity index (χ2v) is 3.33. The van der Waals surface area contributed by atoms with Crippen LogP contribution in [0.4, 0.5) is 0 Å². The van der Waals surface area contributed by atoms with Gasteiger partial charge in [0.2, 0.25) is 5.91 Å². The van der Waals surface area contributed by atoms with Gasteiger partial charge in [-0.3, -0.25) is 19.9 Å². The molecule has 0 saturated carbocycles. The Morgan fingerprint density at radius 3 is 2.88 bits per heavy atom. The Morgan fingerprint density at radius 2 is 2.31 bits per heavy atom. The largest absolute Gasteiger partial charge is 0.291 e. The zero-order valence-corrected chi connectivity index (χ0v) is 8.80. The fraction of sp³-hybridized carbons (Fsp3) is 0.273. The maximum Gasteiger partial charge on any atom is 0.276 e. The highest BCUT2D eigenvalue weighted by Crippen LogP contribution is 1.99. The number of carbonyl (C=O) groups excluding carboxylic acids is 2. The van der Waals surface area contributed by atoms with Crippen molar-refractivity contribution in [3.8, 4) is 6.07 Å². The summed E-state index contributed by atoms with van der Waals surface area (Å²) in [6, 6.07) is 6.77. The van der Waals surface area contributed by atoms with E-state index in [9.17, 15) is 9.59 Å². The lowest BCUT2D eigenvalue weighted by Gasteiger charge is -2.03. The van der Waals surface area contributed by atoms with Crippen LogP contribution < -0.4 is 5.32 Å². The third-order valence-corrected chi connectivity index (χ3v) is 1.86. The standard InChI is InChI=1S/C11H11N3O2/c1-8(7-12)6-10(15)14-11(16)9-4-2-3-5-13-9/h2-5,8H,6H2,1H3,(H,14,15,16). The minimum atomic E-state index is -0.546. The van der Waals surface area contributed by atoms with Crippen LogP contribution in [0, 0.1) is 17.2 Å². The van der Waals surface area contributed by atoms with Gasteiger partial charge in [0.25, 0.3) is 5.91 Å². The van der Waals surface area contributed by atoms with Gasteiger partial charge in [0.15, 0.2) is 0 Å². The van der Waals surface area contributed by atoms with Gasteiger partial charge in [0, 0.05) is 12.6 Å². The van der Waals surface area contributed by atoms with Gasteiger partial charge in [-0.15, -0.1) is 0 Å². The molecule has 0 radical (unpaired) electrons. The summed E-state index contributed by atoms with van der Waals surface area (Å²) in [7, 11) is 0. The second-order valence-electron chi connectivity index (χ2n) is 3.33. The summed E-state index contributed by atoms with van der Waals surface area (Å²) in [5.41, 5.74) is 0.181. The average Bonchev–Trinajstić information content (AvgIpc) is 2.29. The molecule has 2 amide bonds. The molecule has 5 nitrogen and oxygen atoms in total. The van der Waals surface area contributed by atoms with Gasteiger partial charge in [-0.05, 0) is 19.1 Å². The van der Waals surface area contributed by atoms with Crippen molar-refractivity contribution < 1.29 is 9.59 Å². The van der Waals surface area contributed by atoms with Crippen molar-refractivity contribution in [2.75, 3.05) is 0 Å². The number of pyridine rings is 1. The number of aromatic nitrogens is 1. The number of hydrogen-bond acceptors (Lipinski definition) is 4. The Bertz CT molecular complexity index is 423. The van der Waals surface area contributed by atoms with E-state index in [1.807, 2.05) is 6.07 Å². The Balaban J connectivity index is 2.53. The van der Waals surface area contributed by atoms with E-state index in [-0.39, 0.29) is 12.1 Å². The normalized spacial score (nSPS) is 11.2. The molecular formula is C11H11N3O2. The van der Waals surface area contributed by atoms with Gasteiger partial charge in [-0.1, -0.05) is 6.07 Å². The number of amides is 2. The van der Waals surface area contributed by atoms with Crippen LogP contribution in [-0.2, 0) is 4.79 Å². The molecule has 0 aliphatic carbocycles. The number of carbonyl (C=O) groups is 2. The van der Waals surface area contributed by atoms with Gasteiger partial charge in [0.1, 0.15) is 5.69 Å². The molecular weight excluding hydrogens is 206 g/mol. The van der Waals surface area contributed by atoms with Gasteiger partial charge in [-0.2, -0.15) is 5.26 Å². The lowest BCUT2D eigenvalue weighted by Crippen LogP contribution is -2.31. The average molecular weight is 217 g/mol. The quantitative estimate of drug-likeness (QED) is 0.814. The summed E-state index contributed by atoms with van der Waals surface area (Å²) in [6.45, 7) is 1.62. The van der Waals surface area contributed by atoms with E-state index in [1.165, 1.54) is 12.3 Å². The Morgan fingerprint density at radius 1 is 1.56 bits per heavy atom. The minimum absolute atomic E-state index is 0.00900. The first kappa shape index (κ1) is 11.9. The van der Waals surface area contributed by atoms with Crippen molar-refractivity contribution in [1.82, 2.24) is 10.3 Å². The lowest BCUT2D eigenvalue weighted by molar-refractivity contribution is -0.120. The molecule has 0 saturated heterocycles. The van der Waals surface area contributed by atoms with E-state index < -0.39 is 17.7 Å². The molecule has 1 heterocycles. The van der Waals surface area contributed by atoms with Crippen LogP contribution in [0.1, 0.15) is 23.8 Å². The van der Waals surface area contributed by atoms with Gasteiger partial charge in [0.05, 0.1) is 12.0 Å². The fourth-order valence-corrected chi connectivity index (χ4v) is 1.06. The molecule has 5 heteroatoms. The van der Waals surface area contributed by atoms with Crippen molar-refractivity contribution in [3.05, 3.63) is 30.1 Å². The maximum atomic E-state index is 11.4. The van der Waals surface area contributed by atoms with Gasteiger partial charge >= 0.3 is 0 Å². The molecule has 1 aromatic rings. The number of imide groups is 1. The van der Waals surface area contributed by atoms with Gasteiger partial charge < -0.3 is 0 Å². The van der Waals surface area contributed by atoms with Crippen LogP contribution in [0.2, 0.25) is 0 Å². The molecule has 1 aromatic heterocycles. The molecule has 16 heavy (non-hydrogen) atoms. The monoisotopic (exact) mass is 217 g/mol. The highest BCUT2D eigenvalue weighted by molar-refractivity contribution is 6.03. The predicted octanol–water partition coefficient (Wildman–Crippen LogP) is 0.888. The van der Waals surface area contributed by atoms with E-state index in [0.717, 1.165) is 0 Å². The Hall–Kier alpha value is -2.22. The molecule has 0 aliphatic rings. The third-order valence-electron chi connectivity index (χ3n) is 1.86. The first-order valence-electron chi connectivity index (χ1n) is 4.78. The number of nitrogens with zero attached hydrogens (tertiary/aromatic N) is 2. The van der Waals surface area contributed by atoms with Crippen LogP contribution in [-0.4, -0.2) is 16.8 Å². The number of nitriles is 1. The van der Waals surface area contributed by atoms with Crippen molar-refractivity contribution in [3.63, 3.8) is 0 Å². The van der Waals surface area contributed by atoms with E-state index >= 15 is 0 Å². The first-order valence-corrected chi connectivity index (χ1v) is 4.78. The molecule has 0 aliphatic heterocycles. The highest BCUT2D eigenvalue weighted by atomic mass is 16.2. The Kier molecular flexibility index (Phi) is 4.16. The minimum Gasteiger partial charge on any atom is -0.291 e. The Labute approximate surface area is 93.1 Å². The maximum absolute atomic E-state index is 11.4. The van der Waals surface area contributed by atoms with Crippen LogP contribution in [0.3, 0.4) is 0 Å². The molecule has 1 atom stereocenters. The smallest absolute Gasteiger partial charge is 0.276 e. The van der Waals surface area contributed by atoms with Crippen LogP contribution in [0.5, 0.6) is 0 Å². The van der Waals surface area contributed by atoms with E-state index in [1.54, 1.807) is 19.1 Å². The molecule has 1 unspecified atom stereocenters. The highest BCUT2D eigenvalue weighted by Gasteiger charge is 2.13. The van der Waals surface area contributed by atoms with E-state index in [4.69, 9.17) is 5.26 Å². The molecule has 1 N–H and O–H groups in total. The topological polar surface area (TPSA) is 82.9 Å². The molecule has 1 rings (SSSR count). The van der Waals surface area contributed by atoms with Crippen molar-refractivity contribution in [1.29, 1.82) is 5.26 Å².